The third-order valence-electron chi connectivity index (χ3n) is 9.75. The summed E-state index contributed by atoms with van der Waals surface area (Å²) < 4.78 is 2.73. The van der Waals surface area contributed by atoms with Crippen LogP contribution in [0.2, 0.25) is 0 Å². The van der Waals surface area contributed by atoms with Gasteiger partial charge in [0.15, 0.2) is 11.6 Å². The Morgan fingerprint density at radius 1 is 0.559 bits per heavy atom. The van der Waals surface area contributed by atoms with Gasteiger partial charge in [0.2, 0.25) is 0 Å². The monoisotopic (exact) mass is 783 g/mol. The molecule has 0 bridgehead atoms. The standard InChI is InChI=1S/C24H22N4O2.C22H19N5O2/c1-4-28-24(30)23(26-20-14-25-13-18-7-5-6-8-19(18)20)21(16(3)29)22(27-28)17-11-9-15(2)10-12-17;1-3-27-22(29)21(25-18-13-24-12-16-6-4-5-7-17(16)18)19(14(2)28)20(26-27)15-8-10-23-11-9-15/h5-14,26H,4H2,1-3H3;4-13,25H,3H2,1-2H3. The van der Waals surface area contributed by atoms with Crippen molar-refractivity contribution in [2.24, 2.45) is 0 Å². The topological polar surface area (TPSA) is 167 Å². The van der Waals surface area contributed by atoms with Gasteiger partial charge in [0.25, 0.3) is 11.1 Å². The summed E-state index contributed by atoms with van der Waals surface area (Å²) in [6, 6.07) is 26.8. The summed E-state index contributed by atoms with van der Waals surface area (Å²) in [7, 11) is 0. The number of aryl methyl sites for hydroxylation is 3. The second-order valence-corrected chi connectivity index (χ2v) is 13.7. The summed E-state index contributed by atoms with van der Waals surface area (Å²) in [5.74, 6) is -0.477. The molecule has 0 amide bonds. The largest absolute Gasteiger partial charge is 0.349 e. The van der Waals surface area contributed by atoms with Crippen molar-refractivity contribution in [3.8, 4) is 22.5 Å². The molecule has 13 heteroatoms. The van der Waals surface area contributed by atoms with Gasteiger partial charge >= 0.3 is 0 Å². The number of nitrogens with one attached hydrogen (secondary N) is 2. The normalized spacial score (nSPS) is 10.9. The van der Waals surface area contributed by atoms with Crippen molar-refractivity contribution in [3.63, 3.8) is 0 Å². The van der Waals surface area contributed by atoms with Gasteiger partial charge in [-0.1, -0.05) is 78.4 Å². The SMILES string of the molecule is CCn1nc(-c2ccc(C)cc2)c(C(C)=O)c(Nc2cncc3ccccc23)c1=O.CCn1nc(-c2ccncc2)c(C(C)=O)c(Nc2cncc3ccccc23)c1=O. The lowest BCUT2D eigenvalue weighted by molar-refractivity contribution is 0.101. The molecular weight excluding hydrogens is 743 g/mol. The number of anilines is 4. The summed E-state index contributed by atoms with van der Waals surface area (Å²) in [6.45, 7) is 9.33. The molecule has 0 aliphatic carbocycles. The first kappa shape index (κ1) is 39.6. The molecule has 0 spiro atoms. The number of ketones is 2. The maximum atomic E-state index is 13.2. The van der Waals surface area contributed by atoms with Crippen LogP contribution in [-0.2, 0) is 13.1 Å². The van der Waals surface area contributed by atoms with E-state index in [4.69, 9.17) is 0 Å². The summed E-state index contributed by atoms with van der Waals surface area (Å²) in [6.07, 6.45) is 10.1. The molecule has 0 saturated carbocycles. The number of nitrogens with zero attached hydrogens (tertiary/aromatic N) is 7. The maximum Gasteiger partial charge on any atom is 0.291 e. The Balaban J connectivity index is 0.000000179. The Labute approximate surface area is 339 Å². The van der Waals surface area contributed by atoms with Gasteiger partial charge in [-0.2, -0.15) is 10.2 Å². The van der Waals surface area contributed by atoms with Crippen molar-refractivity contribution >= 4 is 55.9 Å². The number of carbonyl (C=O) groups is 2. The van der Waals surface area contributed by atoms with Crippen molar-refractivity contribution < 1.29 is 9.59 Å². The average Bonchev–Trinajstić information content (AvgIpc) is 3.25. The molecule has 0 aliphatic rings. The van der Waals surface area contributed by atoms with E-state index < -0.39 is 0 Å². The zero-order valence-corrected chi connectivity index (χ0v) is 33.2. The molecule has 0 unspecified atom stereocenters. The summed E-state index contributed by atoms with van der Waals surface area (Å²) in [5.41, 5.74) is 5.08. The van der Waals surface area contributed by atoms with Crippen molar-refractivity contribution in [3.05, 3.63) is 160 Å². The van der Waals surface area contributed by atoms with Gasteiger partial charge in [-0.3, -0.25) is 34.1 Å². The molecule has 0 atom stereocenters. The molecule has 8 rings (SSSR count). The van der Waals surface area contributed by atoms with Crippen molar-refractivity contribution in [2.45, 2.75) is 47.7 Å². The van der Waals surface area contributed by atoms with E-state index >= 15 is 0 Å². The summed E-state index contributed by atoms with van der Waals surface area (Å²) >= 11 is 0. The van der Waals surface area contributed by atoms with Crippen LogP contribution in [0.15, 0.2) is 132 Å². The number of carbonyl (C=O) groups excluding carboxylic acids is 2. The highest BCUT2D eigenvalue weighted by Crippen LogP contribution is 2.32. The fourth-order valence-corrected chi connectivity index (χ4v) is 6.81. The Hall–Kier alpha value is -7.67. The molecule has 294 valence electrons. The minimum Gasteiger partial charge on any atom is -0.349 e. The Bertz CT molecular complexity index is 2970. The van der Waals surface area contributed by atoms with Gasteiger partial charge in [-0.15, -0.1) is 0 Å². The zero-order valence-electron chi connectivity index (χ0n) is 33.2. The van der Waals surface area contributed by atoms with E-state index in [1.165, 1.54) is 23.2 Å². The first-order chi connectivity index (χ1) is 28.6. The van der Waals surface area contributed by atoms with Crippen LogP contribution in [-0.4, -0.2) is 46.1 Å². The minimum atomic E-state index is -0.358. The van der Waals surface area contributed by atoms with Crippen molar-refractivity contribution in [2.75, 3.05) is 10.6 Å². The predicted octanol–water partition coefficient (Wildman–Crippen LogP) is 8.55. The Kier molecular flexibility index (Phi) is 11.5. The lowest BCUT2D eigenvalue weighted by Crippen LogP contribution is -2.28. The molecule has 5 aromatic heterocycles. The van der Waals surface area contributed by atoms with E-state index in [-0.39, 0.29) is 45.2 Å². The molecule has 0 aliphatic heterocycles. The number of benzene rings is 3. The van der Waals surface area contributed by atoms with Crippen LogP contribution < -0.4 is 21.8 Å². The van der Waals surface area contributed by atoms with Gasteiger partial charge in [-0.25, -0.2) is 9.36 Å². The molecule has 0 saturated heterocycles. The van der Waals surface area contributed by atoms with Crippen LogP contribution in [0.5, 0.6) is 0 Å². The van der Waals surface area contributed by atoms with Gasteiger partial charge in [0.1, 0.15) is 22.8 Å². The third kappa shape index (κ3) is 8.12. The van der Waals surface area contributed by atoms with E-state index in [0.717, 1.165) is 32.7 Å². The highest BCUT2D eigenvalue weighted by Gasteiger charge is 2.24. The van der Waals surface area contributed by atoms with E-state index in [1.807, 2.05) is 93.6 Å². The molecule has 0 fully saturated rings. The van der Waals surface area contributed by atoms with Crippen LogP contribution in [0.1, 0.15) is 54.0 Å². The number of pyridine rings is 3. The Morgan fingerprint density at radius 2 is 0.983 bits per heavy atom. The summed E-state index contributed by atoms with van der Waals surface area (Å²) in [4.78, 5) is 64.1. The van der Waals surface area contributed by atoms with Gasteiger partial charge in [0, 0.05) is 70.5 Å². The van der Waals surface area contributed by atoms with Crippen LogP contribution >= 0.6 is 0 Å². The minimum absolute atomic E-state index is 0.194. The van der Waals surface area contributed by atoms with Crippen molar-refractivity contribution in [1.29, 1.82) is 0 Å². The van der Waals surface area contributed by atoms with Crippen LogP contribution in [0.4, 0.5) is 22.7 Å². The molecule has 13 nitrogen and oxygen atoms in total. The first-order valence-electron chi connectivity index (χ1n) is 19.1. The summed E-state index contributed by atoms with van der Waals surface area (Å²) in [5, 5.41) is 19.0. The maximum absolute atomic E-state index is 13.2. The molecule has 8 aromatic rings. The number of aromatic nitrogens is 7. The third-order valence-corrected chi connectivity index (χ3v) is 9.75. The quantitative estimate of drug-likeness (QED) is 0.128. The molecule has 5 heterocycles. The highest BCUT2D eigenvalue weighted by molar-refractivity contribution is 6.07. The highest BCUT2D eigenvalue weighted by atomic mass is 16.1. The number of rotatable bonds is 10. The molecule has 3 aromatic carbocycles. The first-order valence-corrected chi connectivity index (χ1v) is 19.1. The zero-order chi connectivity index (χ0) is 41.6. The number of hydrogen-bond acceptors (Lipinski definition) is 11. The van der Waals surface area contributed by atoms with Gasteiger partial charge < -0.3 is 10.6 Å². The molecule has 2 N–H and O–H groups in total. The second kappa shape index (κ2) is 17.2. The lowest BCUT2D eigenvalue weighted by atomic mass is 10.0. The molecular formula is C46H41N9O4. The van der Waals surface area contributed by atoms with Crippen LogP contribution in [0.3, 0.4) is 0 Å². The number of fused-ring (bicyclic) bond motifs is 2. The van der Waals surface area contributed by atoms with Crippen molar-refractivity contribution in [1.82, 2.24) is 34.5 Å². The predicted molar refractivity (Wildman–Crippen MR) is 232 cm³/mol. The molecule has 0 radical (unpaired) electrons. The lowest BCUT2D eigenvalue weighted by Gasteiger charge is -2.17. The van der Waals surface area contributed by atoms with Gasteiger partial charge in [0.05, 0.1) is 34.9 Å². The fourth-order valence-electron chi connectivity index (χ4n) is 6.81. The van der Waals surface area contributed by atoms with E-state index in [1.54, 1.807) is 49.3 Å². The van der Waals surface area contributed by atoms with E-state index in [0.29, 0.717) is 41.4 Å². The number of Topliss-reactive ketones (excluding diaryl/α,β-unsaturated/α-hetero) is 2. The van der Waals surface area contributed by atoms with Gasteiger partial charge in [-0.05, 0) is 46.8 Å². The Morgan fingerprint density at radius 3 is 1.41 bits per heavy atom. The van der Waals surface area contributed by atoms with Crippen LogP contribution in [0.25, 0.3) is 44.1 Å². The van der Waals surface area contributed by atoms with Crippen LogP contribution in [0, 0.1) is 6.92 Å². The molecule has 59 heavy (non-hydrogen) atoms. The van der Waals surface area contributed by atoms with E-state index in [2.05, 4.69) is 35.8 Å². The smallest absolute Gasteiger partial charge is 0.291 e. The van der Waals surface area contributed by atoms with E-state index in [9.17, 15) is 19.2 Å². The number of hydrogen-bond donors (Lipinski definition) is 2. The average molecular weight is 784 g/mol. The second-order valence-electron chi connectivity index (χ2n) is 13.7. The fraction of sp³-hybridized carbons (Fsp3) is 0.152.